The summed E-state index contributed by atoms with van der Waals surface area (Å²) >= 11 is 1.59. The zero-order valence-corrected chi connectivity index (χ0v) is 17.4. The molecule has 0 aliphatic heterocycles. The van der Waals surface area contributed by atoms with Gasteiger partial charge in [-0.05, 0) is 49.6 Å². The van der Waals surface area contributed by atoms with Gasteiger partial charge in [0.1, 0.15) is 4.90 Å². The summed E-state index contributed by atoms with van der Waals surface area (Å²) < 4.78 is 30.8. The number of hydrogen-bond acceptors (Lipinski definition) is 5. The molecule has 6 heteroatoms. The predicted molar refractivity (Wildman–Crippen MR) is 115 cm³/mol. The smallest absolute Gasteiger partial charge is 0.339 e. The van der Waals surface area contributed by atoms with Crippen molar-refractivity contribution in [1.29, 1.82) is 0 Å². The van der Waals surface area contributed by atoms with Gasteiger partial charge in [-0.3, -0.25) is 0 Å². The molecule has 2 aromatic carbocycles. The summed E-state index contributed by atoms with van der Waals surface area (Å²) in [7, 11) is -3.91. The van der Waals surface area contributed by atoms with Gasteiger partial charge in [0.15, 0.2) is 5.75 Å². The zero-order valence-electron chi connectivity index (χ0n) is 15.8. The average Bonchev–Trinajstić information content (AvgIpc) is 3.20. The monoisotopic (exact) mass is 411 g/mol. The van der Waals surface area contributed by atoms with Crippen molar-refractivity contribution >= 4 is 27.1 Å². The lowest BCUT2D eigenvalue weighted by Crippen LogP contribution is -2.24. The molecule has 0 N–H and O–H groups in total. The molecule has 4 nitrogen and oxygen atoms in total. The van der Waals surface area contributed by atoms with Gasteiger partial charge in [0.05, 0.1) is 17.1 Å². The Morgan fingerprint density at radius 3 is 2.46 bits per heavy atom. The minimum atomic E-state index is -3.91. The summed E-state index contributed by atoms with van der Waals surface area (Å²) in [6.07, 6.45) is 0. The van der Waals surface area contributed by atoms with Gasteiger partial charge in [0, 0.05) is 6.54 Å². The largest absolute Gasteiger partial charge is 0.377 e. The van der Waals surface area contributed by atoms with Gasteiger partial charge in [-0.1, -0.05) is 47.7 Å². The summed E-state index contributed by atoms with van der Waals surface area (Å²) in [5.41, 5.74) is 1.68. The van der Waals surface area contributed by atoms with Crippen LogP contribution in [-0.4, -0.2) is 21.5 Å². The summed E-state index contributed by atoms with van der Waals surface area (Å²) in [6.45, 7) is 5.05. The second kappa shape index (κ2) is 8.96. The molecule has 0 saturated carbocycles. The van der Waals surface area contributed by atoms with Crippen LogP contribution in [-0.2, 0) is 10.1 Å². The maximum Gasteiger partial charge on any atom is 0.339 e. The van der Waals surface area contributed by atoms with Crippen LogP contribution in [0.15, 0.2) is 70.9 Å². The Bertz CT molecular complexity index is 1080. The quantitative estimate of drug-likeness (QED) is 0.436. The molecule has 0 radical (unpaired) electrons. The average molecular weight is 412 g/mol. The number of rotatable bonds is 6. The van der Waals surface area contributed by atoms with Crippen LogP contribution < -0.4 is 9.08 Å². The van der Waals surface area contributed by atoms with E-state index in [1.807, 2.05) is 48.4 Å². The fourth-order valence-electron chi connectivity index (χ4n) is 2.60. The van der Waals surface area contributed by atoms with Crippen LogP contribution in [0.2, 0.25) is 0 Å². The molecule has 0 aliphatic carbocycles. The Balaban J connectivity index is 1.84. The number of anilines is 1. The lowest BCUT2D eigenvalue weighted by molar-refractivity contribution is 0.485. The minimum Gasteiger partial charge on any atom is -0.377 e. The lowest BCUT2D eigenvalue weighted by Gasteiger charge is -2.23. The Hall–Kier alpha value is -2.75. The molecular weight excluding hydrogens is 390 g/mol. The van der Waals surface area contributed by atoms with E-state index in [2.05, 4.69) is 11.8 Å². The van der Waals surface area contributed by atoms with Crippen molar-refractivity contribution in [3.63, 3.8) is 0 Å². The second-order valence-corrected chi connectivity index (χ2v) is 8.61. The third-order valence-electron chi connectivity index (χ3n) is 4.10. The van der Waals surface area contributed by atoms with Crippen molar-refractivity contribution in [2.45, 2.75) is 18.7 Å². The fraction of sp³-hybridized carbons (Fsp3) is 0.182. The van der Waals surface area contributed by atoms with Gasteiger partial charge in [-0.2, -0.15) is 8.42 Å². The van der Waals surface area contributed by atoms with Gasteiger partial charge >= 0.3 is 10.1 Å². The van der Waals surface area contributed by atoms with Crippen molar-refractivity contribution in [1.82, 2.24) is 0 Å². The van der Waals surface area contributed by atoms with Crippen LogP contribution >= 0.6 is 11.3 Å². The zero-order chi connectivity index (χ0) is 20.0. The van der Waals surface area contributed by atoms with E-state index in [1.165, 1.54) is 0 Å². The van der Waals surface area contributed by atoms with Crippen LogP contribution in [0.25, 0.3) is 0 Å². The Morgan fingerprint density at radius 1 is 1.04 bits per heavy atom. The third kappa shape index (κ3) is 4.94. The summed E-state index contributed by atoms with van der Waals surface area (Å²) in [5, 5.41) is 1.99. The number of hydrogen-bond donors (Lipinski definition) is 0. The molecule has 28 heavy (non-hydrogen) atoms. The second-order valence-electron chi connectivity index (χ2n) is 6.11. The van der Waals surface area contributed by atoms with E-state index in [1.54, 1.807) is 47.7 Å². The molecule has 0 saturated heterocycles. The van der Waals surface area contributed by atoms with Gasteiger partial charge < -0.3 is 9.08 Å². The maximum atomic E-state index is 12.7. The Kier molecular flexibility index (Phi) is 6.40. The SMILES string of the molecule is CCN(CC#Cc1cccs1)c1ccccc1OS(=O)(=O)c1ccc(C)cc1. The molecule has 0 unspecified atom stereocenters. The molecule has 0 amide bonds. The van der Waals surface area contributed by atoms with Crippen LogP contribution in [0.5, 0.6) is 5.75 Å². The fourth-order valence-corrected chi connectivity index (χ4v) is 4.13. The van der Waals surface area contributed by atoms with E-state index in [0.29, 0.717) is 24.5 Å². The normalized spacial score (nSPS) is 10.8. The molecule has 3 aromatic rings. The van der Waals surface area contributed by atoms with Gasteiger partial charge in [0.25, 0.3) is 0 Å². The van der Waals surface area contributed by atoms with Crippen LogP contribution in [0.4, 0.5) is 5.69 Å². The number of aryl methyl sites for hydroxylation is 1. The molecule has 144 valence electrons. The lowest BCUT2D eigenvalue weighted by atomic mass is 10.2. The van der Waals surface area contributed by atoms with E-state index in [0.717, 1.165) is 10.4 Å². The van der Waals surface area contributed by atoms with Gasteiger partial charge in [0.2, 0.25) is 0 Å². The van der Waals surface area contributed by atoms with Crippen LogP contribution in [0.3, 0.4) is 0 Å². The summed E-state index contributed by atoms with van der Waals surface area (Å²) in [6, 6.07) is 17.7. The number of thiophene rings is 1. The summed E-state index contributed by atoms with van der Waals surface area (Å²) in [4.78, 5) is 3.12. The first-order valence-electron chi connectivity index (χ1n) is 8.87. The van der Waals surface area contributed by atoms with Crippen molar-refractivity contribution in [3.8, 4) is 17.6 Å². The van der Waals surface area contributed by atoms with E-state index >= 15 is 0 Å². The molecule has 0 bridgehead atoms. The van der Waals surface area contributed by atoms with E-state index in [-0.39, 0.29) is 4.90 Å². The highest BCUT2D eigenvalue weighted by Crippen LogP contribution is 2.30. The highest BCUT2D eigenvalue weighted by Gasteiger charge is 2.20. The predicted octanol–water partition coefficient (Wildman–Crippen LogP) is 4.70. The van der Waals surface area contributed by atoms with Crippen molar-refractivity contribution < 1.29 is 12.6 Å². The molecule has 0 spiro atoms. The molecule has 3 rings (SSSR count). The Morgan fingerprint density at radius 2 is 1.79 bits per heavy atom. The van der Waals surface area contributed by atoms with E-state index in [4.69, 9.17) is 4.18 Å². The summed E-state index contributed by atoms with van der Waals surface area (Å²) in [5.74, 6) is 6.57. The van der Waals surface area contributed by atoms with Crippen molar-refractivity contribution in [2.75, 3.05) is 18.0 Å². The highest BCUT2D eigenvalue weighted by atomic mass is 32.2. The third-order valence-corrected chi connectivity index (χ3v) is 6.13. The molecule has 0 fully saturated rings. The Labute approximate surface area is 170 Å². The van der Waals surface area contributed by atoms with E-state index in [9.17, 15) is 8.42 Å². The molecule has 0 atom stereocenters. The maximum absolute atomic E-state index is 12.7. The number of nitrogens with zero attached hydrogens (tertiary/aromatic N) is 1. The molecular formula is C22H21NO3S2. The van der Waals surface area contributed by atoms with Crippen LogP contribution in [0, 0.1) is 18.8 Å². The molecule has 1 heterocycles. The van der Waals surface area contributed by atoms with Crippen molar-refractivity contribution in [3.05, 3.63) is 76.5 Å². The standard InChI is InChI=1S/C22H21NO3S2/c1-3-23(16-6-8-19-9-7-17-27-19)21-10-4-5-11-22(21)26-28(24,25)20-14-12-18(2)13-15-20/h4-5,7,9-15,17H,3,16H2,1-2H3. The first-order valence-corrected chi connectivity index (χ1v) is 11.2. The van der Waals surface area contributed by atoms with Gasteiger partial charge in [-0.25, -0.2) is 0 Å². The number of para-hydroxylation sites is 2. The van der Waals surface area contributed by atoms with Crippen molar-refractivity contribution in [2.24, 2.45) is 0 Å². The topological polar surface area (TPSA) is 46.6 Å². The van der Waals surface area contributed by atoms with E-state index < -0.39 is 10.1 Å². The number of benzene rings is 2. The van der Waals surface area contributed by atoms with Crippen LogP contribution in [0.1, 0.15) is 17.4 Å². The first-order chi connectivity index (χ1) is 13.5. The first kappa shape index (κ1) is 20.0. The van der Waals surface area contributed by atoms with Gasteiger partial charge in [-0.15, -0.1) is 11.3 Å². The molecule has 0 aliphatic rings. The highest BCUT2D eigenvalue weighted by molar-refractivity contribution is 7.87. The molecule has 1 aromatic heterocycles. The minimum absolute atomic E-state index is 0.133.